The van der Waals surface area contributed by atoms with Crippen LogP contribution in [0.5, 0.6) is 0 Å². The average Bonchev–Trinajstić information content (AvgIpc) is 3.70. The highest BCUT2D eigenvalue weighted by atomic mass is 19.1. The Morgan fingerprint density at radius 3 is 2.80 bits per heavy atom. The lowest BCUT2D eigenvalue weighted by atomic mass is 9.45. The SMILES string of the molecule is CC12Cc3cnn(-c4ccc(F)cc4)c3C=C1CCC1C2C(O)CC2(C)C1CCC2(O)C(=O)NCc1ccc2nccn2c1. The van der Waals surface area contributed by atoms with Gasteiger partial charge in [-0.2, -0.15) is 5.10 Å². The van der Waals surface area contributed by atoms with Gasteiger partial charge in [-0.15, -0.1) is 0 Å². The van der Waals surface area contributed by atoms with Crippen molar-refractivity contribution in [2.75, 3.05) is 0 Å². The minimum Gasteiger partial charge on any atom is -0.393 e. The molecular formula is C35H38FN5O3. The van der Waals surface area contributed by atoms with Crippen LogP contribution in [0.25, 0.3) is 17.4 Å². The van der Waals surface area contributed by atoms with Crippen LogP contribution in [0.2, 0.25) is 0 Å². The number of fused-ring (bicyclic) bond motifs is 7. The van der Waals surface area contributed by atoms with E-state index in [4.69, 9.17) is 0 Å². The summed E-state index contributed by atoms with van der Waals surface area (Å²) in [6, 6.07) is 10.2. The molecule has 3 heterocycles. The summed E-state index contributed by atoms with van der Waals surface area (Å²) in [6.07, 6.45) is 13.1. The number of imidazole rings is 1. The molecule has 7 atom stereocenters. The Morgan fingerprint density at radius 1 is 1.16 bits per heavy atom. The van der Waals surface area contributed by atoms with Gasteiger partial charge in [0.05, 0.1) is 23.7 Å². The third-order valence-corrected chi connectivity index (χ3v) is 11.9. The van der Waals surface area contributed by atoms with E-state index in [1.165, 1.54) is 17.7 Å². The molecule has 44 heavy (non-hydrogen) atoms. The molecule has 1 amide bonds. The number of allylic oxidation sites excluding steroid dienone is 1. The molecule has 0 spiro atoms. The summed E-state index contributed by atoms with van der Waals surface area (Å²) < 4.78 is 17.4. The van der Waals surface area contributed by atoms with Crippen LogP contribution in [0.3, 0.4) is 0 Å². The Bertz CT molecular complexity index is 1810. The molecule has 3 saturated carbocycles. The molecule has 0 saturated heterocycles. The van der Waals surface area contributed by atoms with Gasteiger partial charge in [0.2, 0.25) is 0 Å². The van der Waals surface area contributed by atoms with Crippen LogP contribution in [-0.4, -0.2) is 47.0 Å². The van der Waals surface area contributed by atoms with Gasteiger partial charge < -0.3 is 19.9 Å². The summed E-state index contributed by atoms with van der Waals surface area (Å²) in [4.78, 5) is 18.0. The third-order valence-electron chi connectivity index (χ3n) is 11.9. The first-order valence-corrected chi connectivity index (χ1v) is 15.7. The van der Waals surface area contributed by atoms with Gasteiger partial charge in [0.15, 0.2) is 0 Å². The molecular weight excluding hydrogens is 557 g/mol. The maximum absolute atomic E-state index is 13.7. The zero-order valence-corrected chi connectivity index (χ0v) is 25.1. The summed E-state index contributed by atoms with van der Waals surface area (Å²) >= 11 is 0. The van der Waals surface area contributed by atoms with Crippen LogP contribution >= 0.6 is 0 Å². The van der Waals surface area contributed by atoms with Crippen LogP contribution < -0.4 is 5.32 Å². The third kappa shape index (κ3) is 3.84. The zero-order valence-electron chi connectivity index (χ0n) is 25.1. The summed E-state index contributed by atoms with van der Waals surface area (Å²) in [7, 11) is 0. The van der Waals surface area contributed by atoms with Crippen LogP contribution in [0.15, 0.2) is 66.8 Å². The second-order valence-corrected chi connectivity index (χ2v) is 14.0. The van der Waals surface area contributed by atoms with E-state index in [2.05, 4.69) is 28.4 Å². The molecule has 3 aromatic heterocycles. The molecule has 3 fully saturated rings. The highest BCUT2D eigenvalue weighted by Gasteiger charge is 2.68. The monoisotopic (exact) mass is 595 g/mol. The molecule has 8 nitrogen and oxygen atoms in total. The summed E-state index contributed by atoms with van der Waals surface area (Å²) in [5.41, 5.74) is 3.53. The molecule has 228 valence electrons. The molecule has 9 heteroatoms. The Balaban J connectivity index is 1.05. The van der Waals surface area contributed by atoms with E-state index in [0.717, 1.165) is 53.8 Å². The number of hydrogen-bond donors (Lipinski definition) is 3. The Hall–Kier alpha value is -3.82. The highest BCUT2D eigenvalue weighted by Crippen LogP contribution is 2.67. The molecule has 4 aromatic rings. The number of aromatic nitrogens is 4. The fourth-order valence-corrected chi connectivity index (χ4v) is 9.75. The first-order chi connectivity index (χ1) is 21.1. The number of benzene rings is 1. The van der Waals surface area contributed by atoms with Gasteiger partial charge >= 0.3 is 0 Å². The second-order valence-electron chi connectivity index (χ2n) is 14.0. The molecule has 0 radical (unpaired) electrons. The van der Waals surface area contributed by atoms with Crippen LogP contribution in [0.1, 0.15) is 62.8 Å². The normalized spacial score (nSPS) is 34.1. The fraction of sp³-hybridized carbons (Fsp3) is 0.457. The van der Waals surface area contributed by atoms with Crippen molar-refractivity contribution in [3.8, 4) is 5.69 Å². The zero-order chi connectivity index (χ0) is 30.4. The van der Waals surface area contributed by atoms with E-state index in [1.54, 1.807) is 18.3 Å². The van der Waals surface area contributed by atoms with E-state index in [0.29, 0.717) is 19.4 Å². The molecule has 1 aromatic carbocycles. The Morgan fingerprint density at radius 2 is 1.98 bits per heavy atom. The lowest BCUT2D eigenvalue weighted by Gasteiger charge is -2.60. The molecule has 7 unspecified atom stereocenters. The largest absolute Gasteiger partial charge is 0.393 e. The van der Waals surface area contributed by atoms with Crippen molar-refractivity contribution >= 4 is 17.6 Å². The second kappa shape index (κ2) is 9.59. The van der Waals surface area contributed by atoms with Crippen molar-refractivity contribution in [1.82, 2.24) is 24.5 Å². The maximum Gasteiger partial charge on any atom is 0.252 e. The van der Waals surface area contributed by atoms with E-state index in [-0.39, 0.29) is 34.9 Å². The average molecular weight is 596 g/mol. The first-order valence-electron chi connectivity index (χ1n) is 15.7. The number of aliphatic hydroxyl groups excluding tert-OH is 1. The number of carbonyl (C=O) groups is 1. The number of carbonyl (C=O) groups excluding carboxylic acids is 1. The number of aliphatic hydroxyl groups is 2. The summed E-state index contributed by atoms with van der Waals surface area (Å²) in [6.45, 7) is 4.62. The number of rotatable bonds is 4. The molecule has 0 bridgehead atoms. The molecule has 4 aliphatic carbocycles. The van der Waals surface area contributed by atoms with Crippen molar-refractivity contribution in [3.05, 3.63) is 89.4 Å². The molecule has 8 rings (SSSR count). The van der Waals surface area contributed by atoms with Gasteiger partial charge in [0, 0.05) is 30.6 Å². The number of hydrogen-bond acceptors (Lipinski definition) is 5. The predicted octanol–water partition coefficient (Wildman–Crippen LogP) is 4.86. The van der Waals surface area contributed by atoms with Gasteiger partial charge in [-0.1, -0.05) is 25.5 Å². The highest BCUT2D eigenvalue weighted by molar-refractivity contribution is 5.86. The quantitative estimate of drug-likeness (QED) is 0.313. The Labute approximate surface area is 255 Å². The van der Waals surface area contributed by atoms with Crippen LogP contribution in [0.4, 0.5) is 4.39 Å². The van der Waals surface area contributed by atoms with Gasteiger partial charge in [-0.3, -0.25) is 4.79 Å². The maximum atomic E-state index is 13.7. The number of nitrogens with zero attached hydrogens (tertiary/aromatic N) is 4. The van der Waals surface area contributed by atoms with Gasteiger partial charge in [0.1, 0.15) is 17.1 Å². The number of amides is 1. The topological polar surface area (TPSA) is 105 Å². The van der Waals surface area contributed by atoms with Crippen LogP contribution in [0, 0.1) is 34.4 Å². The van der Waals surface area contributed by atoms with Crippen molar-refractivity contribution in [2.24, 2.45) is 28.6 Å². The van der Waals surface area contributed by atoms with E-state index < -0.39 is 17.1 Å². The van der Waals surface area contributed by atoms with E-state index >= 15 is 0 Å². The summed E-state index contributed by atoms with van der Waals surface area (Å²) in [5, 5.41) is 31.7. The predicted molar refractivity (Wildman–Crippen MR) is 163 cm³/mol. The van der Waals surface area contributed by atoms with Crippen molar-refractivity contribution in [3.63, 3.8) is 0 Å². The Kier molecular flexibility index (Phi) is 6.04. The van der Waals surface area contributed by atoms with Crippen molar-refractivity contribution in [2.45, 2.75) is 70.6 Å². The van der Waals surface area contributed by atoms with E-state index in [1.807, 2.05) is 46.7 Å². The fourth-order valence-electron chi connectivity index (χ4n) is 9.75. The minimum atomic E-state index is -1.55. The van der Waals surface area contributed by atoms with Crippen LogP contribution in [-0.2, 0) is 17.8 Å². The van der Waals surface area contributed by atoms with Crippen molar-refractivity contribution < 1.29 is 19.4 Å². The number of nitrogens with one attached hydrogen (secondary N) is 1. The van der Waals surface area contributed by atoms with Gasteiger partial charge in [0.25, 0.3) is 5.91 Å². The molecule has 4 aliphatic rings. The minimum absolute atomic E-state index is 0.0233. The van der Waals surface area contributed by atoms with Crippen molar-refractivity contribution in [1.29, 1.82) is 0 Å². The standard InChI is InChI=1S/C35H38FN5O3/c1-33-16-22-19-39-41(25-7-5-24(36)6-8-25)28(22)15-23(33)4-9-26-27-11-12-35(44,34(27,2)17-29(42)31(26)33)32(43)38-18-21-3-10-30-37-13-14-40(30)20-21/h3,5-8,10,13-15,19-20,26-27,29,31,42,44H,4,9,11-12,16-18H2,1-2H3,(H,38,43). The molecule has 3 N–H and O–H groups in total. The van der Waals surface area contributed by atoms with Gasteiger partial charge in [-0.05, 0) is 109 Å². The lowest BCUT2D eigenvalue weighted by Crippen LogP contribution is -2.63. The lowest BCUT2D eigenvalue weighted by molar-refractivity contribution is -0.181. The molecule has 0 aliphatic heterocycles. The number of halogens is 1. The van der Waals surface area contributed by atoms with Gasteiger partial charge in [-0.25, -0.2) is 14.1 Å². The van der Waals surface area contributed by atoms with E-state index in [9.17, 15) is 19.4 Å². The number of pyridine rings is 1. The first kappa shape index (κ1) is 27.7. The summed E-state index contributed by atoms with van der Waals surface area (Å²) in [5.74, 6) is -0.269. The smallest absolute Gasteiger partial charge is 0.252 e.